The van der Waals surface area contributed by atoms with Crippen molar-refractivity contribution in [2.75, 3.05) is 0 Å². The first-order chi connectivity index (χ1) is 13.1. The molecule has 0 radical (unpaired) electrons. The molecule has 3 heteroatoms. The molecule has 1 aliphatic rings. The van der Waals surface area contributed by atoms with E-state index in [4.69, 9.17) is 0 Å². The fraction of sp³-hybridized carbons (Fsp3) is 0.200. The first kappa shape index (κ1) is 21.8. The van der Waals surface area contributed by atoms with E-state index in [0.29, 0.717) is 10.7 Å². The Bertz CT molecular complexity index is 892. The monoisotopic (exact) mass is 480 g/mol. The van der Waals surface area contributed by atoms with Crippen LogP contribution in [0.1, 0.15) is 30.9 Å². The third-order valence-electron chi connectivity index (χ3n) is 5.76. The van der Waals surface area contributed by atoms with E-state index in [1.165, 1.54) is 11.1 Å². The minimum absolute atomic E-state index is 0. The number of allylic oxidation sites excluding steroid dienone is 1. The fourth-order valence-electron chi connectivity index (χ4n) is 4.62. The Morgan fingerprint density at radius 3 is 1.82 bits per heavy atom. The molecule has 4 rings (SSSR count). The first-order valence-corrected chi connectivity index (χ1v) is 14.1. The molecule has 0 N–H and O–H groups in total. The van der Waals surface area contributed by atoms with E-state index in [1.54, 1.807) is 8.79 Å². The molecule has 3 unspecified atom stereocenters. The van der Waals surface area contributed by atoms with Crippen molar-refractivity contribution in [3.63, 3.8) is 0 Å². The average molecular weight is 479 g/mol. The molecule has 3 aromatic rings. The van der Waals surface area contributed by atoms with E-state index < -0.39 is 14.3 Å². The van der Waals surface area contributed by atoms with Crippen LogP contribution in [0.5, 0.6) is 0 Å². The van der Waals surface area contributed by atoms with Gasteiger partial charge in [-0.25, -0.2) is 0 Å². The Hall–Kier alpha value is -0.913. The van der Waals surface area contributed by atoms with Gasteiger partial charge in [0.25, 0.3) is 0 Å². The summed E-state index contributed by atoms with van der Waals surface area (Å²) < 4.78 is 3.77. The summed E-state index contributed by atoms with van der Waals surface area (Å²) >= 11 is -2.11. The number of benzene rings is 3. The number of rotatable bonds is 5. The number of fused-ring (bicyclic) bond motifs is 1. The van der Waals surface area contributed by atoms with Crippen LogP contribution in [0.3, 0.4) is 0 Å². The van der Waals surface area contributed by atoms with Crippen LogP contribution < -0.4 is 8.79 Å². The van der Waals surface area contributed by atoms with Crippen LogP contribution in [0.15, 0.2) is 91.0 Å². The topological polar surface area (TPSA) is 0 Å². The number of hydrogen-bond acceptors (Lipinski definition) is 0. The maximum absolute atomic E-state index is 3.19. The van der Waals surface area contributed by atoms with Crippen LogP contribution in [0, 0.1) is 0 Å². The van der Waals surface area contributed by atoms with Crippen molar-refractivity contribution in [1.29, 1.82) is 0 Å². The zero-order chi connectivity index (χ0) is 18.9. The van der Waals surface area contributed by atoms with Gasteiger partial charge in [0.05, 0.1) is 0 Å². The van der Waals surface area contributed by atoms with E-state index in [9.17, 15) is 0 Å². The second-order valence-electron chi connectivity index (χ2n) is 8.16. The third-order valence-corrected chi connectivity index (χ3v) is 15.8. The van der Waals surface area contributed by atoms with Crippen molar-refractivity contribution in [3.05, 3.63) is 102 Å². The Labute approximate surface area is 191 Å². The molecule has 3 aromatic carbocycles. The molecule has 0 amide bonds. The molecule has 0 heterocycles. The fourth-order valence-corrected chi connectivity index (χ4v) is 14.4. The molecule has 0 nitrogen and oxygen atoms in total. The maximum Gasteiger partial charge on any atom is 0 e. The van der Waals surface area contributed by atoms with Crippen LogP contribution in [0.2, 0.25) is 4.75 Å². The van der Waals surface area contributed by atoms with E-state index in [-0.39, 0.29) is 26.9 Å². The summed E-state index contributed by atoms with van der Waals surface area (Å²) in [6.45, 7) is 4.81. The second kappa shape index (κ2) is 9.27. The molecule has 0 saturated carbocycles. The summed E-state index contributed by atoms with van der Waals surface area (Å²) in [6.07, 6.45) is 4.80. The van der Waals surface area contributed by atoms with Crippen molar-refractivity contribution in [2.45, 2.75) is 29.7 Å². The maximum atomic E-state index is 3.19. The Morgan fingerprint density at radius 2 is 1.29 bits per heavy atom. The van der Waals surface area contributed by atoms with Gasteiger partial charge in [0.2, 0.25) is 0 Å². The predicted molar refractivity (Wildman–Crippen MR) is 125 cm³/mol. The molecular formula is C25H27GePTi. The van der Waals surface area contributed by atoms with E-state index >= 15 is 0 Å². The van der Waals surface area contributed by atoms with E-state index in [2.05, 4.69) is 120 Å². The molecule has 3 atom stereocenters. The SMILES string of the molecule is CC(C)(P)[CH](C1C=Cc2ccccc21)[GeH]([c]1ccccc1)[c]1ccccc1.[Ti]. The van der Waals surface area contributed by atoms with Crippen molar-refractivity contribution in [3.8, 4) is 0 Å². The summed E-state index contributed by atoms with van der Waals surface area (Å²) in [5.41, 5.74) is 2.89. The molecule has 0 aliphatic heterocycles. The van der Waals surface area contributed by atoms with Gasteiger partial charge >= 0.3 is 170 Å². The van der Waals surface area contributed by atoms with Gasteiger partial charge < -0.3 is 0 Å². The second-order valence-corrected chi connectivity index (χ2v) is 16.0. The van der Waals surface area contributed by atoms with Crippen LogP contribution in [0.4, 0.5) is 0 Å². The average Bonchev–Trinajstić information content (AvgIpc) is 3.10. The zero-order valence-electron chi connectivity index (χ0n) is 16.5. The first-order valence-electron chi connectivity index (χ1n) is 9.71. The van der Waals surface area contributed by atoms with Crippen LogP contribution in [-0.4, -0.2) is 19.5 Å². The van der Waals surface area contributed by atoms with Gasteiger partial charge in [0, 0.05) is 21.7 Å². The van der Waals surface area contributed by atoms with E-state index in [0.717, 1.165) is 0 Å². The van der Waals surface area contributed by atoms with Gasteiger partial charge in [0.1, 0.15) is 0 Å². The minimum Gasteiger partial charge on any atom is 0 e. The van der Waals surface area contributed by atoms with E-state index in [1.807, 2.05) is 0 Å². The van der Waals surface area contributed by atoms with Gasteiger partial charge in [-0.3, -0.25) is 0 Å². The van der Waals surface area contributed by atoms with Crippen molar-refractivity contribution in [2.24, 2.45) is 0 Å². The molecule has 0 bridgehead atoms. The zero-order valence-corrected chi connectivity index (χ0v) is 21.7. The molecule has 140 valence electrons. The molecule has 0 saturated heterocycles. The quantitative estimate of drug-likeness (QED) is 0.363. The summed E-state index contributed by atoms with van der Waals surface area (Å²) in [5, 5.41) is 0.156. The smallest absolute Gasteiger partial charge is 0 e. The third kappa shape index (κ3) is 4.47. The van der Waals surface area contributed by atoms with Crippen molar-refractivity contribution in [1.82, 2.24) is 0 Å². The molecule has 0 fully saturated rings. The minimum atomic E-state index is -2.11. The summed E-state index contributed by atoms with van der Waals surface area (Å²) in [6, 6.07) is 31.5. The van der Waals surface area contributed by atoms with Gasteiger partial charge in [-0.2, -0.15) is 0 Å². The van der Waals surface area contributed by atoms with Crippen LogP contribution in [0.25, 0.3) is 6.08 Å². The van der Waals surface area contributed by atoms with Crippen molar-refractivity contribution < 1.29 is 21.7 Å². The molecule has 28 heavy (non-hydrogen) atoms. The Kier molecular flexibility index (Phi) is 7.21. The molecule has 0 aromatic heterocycles. The standard InChI is InChI=1S/C25H27GeP.Ti/c1-25(2,27)24(23-18-17-19-11-9-10-16-22(19)23)26(20-12-5-3-6-13-20)21-14-7-4-8-15-21;/h3-18,23-24,26H,27H2,1-2H3;. The van der Waals surface area contributed by atoms with Gasteiger partial charge in [-0.05, 0) is 0 Å². The van der Waals surface area contributed by atoms with Gasteiger partial charge in [-0.1, -0.05) is 0 Å². The largest absolute Gasteiger partial charge is 0 e. The van der Waals surface area contributed by atoms with Crippen LogP contribution >= 0.6 is 9.24 Å². The predicted octanol–water partition coefficient (Wildman–Crippen LogP) is 4.86. The Morgan fingerprint density at radius 1 is 0.786 bits per heavy atom. The summed E-state index contributed by atoms with van der Waals surface area (Å²) in [4.78, 5) is 0. The summed E-state index contributed by atoms with van der Waals surface area (Å²) in [7, 11) is 3.19. The van der Waals surface area contributed by atoms with Crippen molar-refractivity contribution >= 4 is 38.5 Å². The Balaban J connectivity index is 0.00000225. The van der Waals surface area contributed by atoms with Crippen LogP contribution in [-0.2, 0) is 21.7 Å². The molecule has 1 aliphatic carbocycles. The molecular weight excluding hydrogens is 452 g/mol. The number of hydrogen-bond donors (Lipinski definition) is 0. The van der Waals surface area contributed by atoms with Gasteiger partial charge in [-0.15, -0.1) is 0 Å². The molecule has 0 spiro atoms. The van der Waals surface area contributed by atoms with Gasteiger partial charge in [0.15, 0.2) is 0 Å². The summed E-state index contributed by atoms with van der Waals surface area (Å²) in [5.74, 6) is 0.485. The normalized spacial score (nSPS) is 16.5.